The summed E-state index contributed by atoms with van der Waals surface area (Å²) in [4.78, 5) is 28.2. The van der Waals surface area contributed by atoms with Crippen LogP contribution >= 0.6 is 0 Å². The Labute approximate surface area is 230 Å². The van der Waals surface area contributed by atoms with Crippen LogP contribution in [0.4, 0.5) is 15.0 Å². The summed E-state index contributed by atoms with van der Waals surface area (Å²) in [5.74, 6) is 0.543. The number of benzene rings is 2. The van der Waals surface area contributed by atoms with Crippen molar-refractivity contribution in [1.29, 1.82) is 0 Å². The molecule has 5 aromatic rings. The summed E-state index contributed by atoms with van der Waals surface area (Å²) >= 11 is 0. The van der Waals surface area contributed by atoms with Crippen molar-refractivity contribution in [2.24, 2.45) is 0 Å². The molecule has 2 aromatic carbocycles. The van der Waals surface area contributed by atoms with Gasteiger partial charge in [-0.25, -0.2) is 24.1 Å². The van der Waals surface area contributed by atoms with Crippen molar-refractivity contribution >= 4 is 22.9 Å². The van der Waals surface area contributed by atoms with Crippen LogP contribution in [-0.2, 0) is 17.8 Å². The maximum absolute atomic E-state index is 15.0. The first kappa shape index (κ1) is 26.6. The van der Waals surface area contributed by atoms with E-state index in [1.165, 1.54) is 18.5 Å². The molecule has 3 heterocycles. The summed E-state index contributed by atoms with van der Waals surface area (Å²) in [5, 5.41) is 6.60. The first-order valence-electron chi connectivity index (χ1n) is 12.7. The lowest BCUT2D eigenvalue weighted by atomic mass is 10.1. The van der Waals surface area contributed by atoms with Gasteiger partial charge in [-0.15, -0.1) is 0 Å². The predicted molar refractivity (Wildman–Crippen MR) is 150 cm³/mol. The van der Waals surface area contributed by atoms with Gasteiger partial charge in [0.05, 0.1) is 11.1 Å². The highest BCUT2D eigenvalue weighted by molar-refractivity contribution is 5.97. The molecular formula is C30H29FN6O3. The number of aromatic nitrogens is 4. The topological polar surface area (TPSA) is 114 Å². The number of pyridine rings is 1. The average Bonchev–Trinajstić information content (AvgIpc) is 3.37. The maximum atomic E-state index is 15.0. The van der Waals surface area contributed by atoms with Crippen LogP contribution in [-0.4, -0.2) is 31.6 Å². The number of anilines is 1. The van der Waals surface area contributed by atoms with Crippen molar-refractivity contribution in [2.45, 2.75) is 39.5 Å². The lowest BCUT2D eigenvalue weighted by Crippen LogP contribution is -2.32. The zero-order valence-corrected chi connectivity index (χ0v) is 22.4. The van der Waals surface area contributed by atoms with E-state index in [-0.39, 0.29) is 12.3 Å². The number of alkyl carbamates (subject to hydrolysis) is 1. The van der Waals surface area contributed by atoms with Gasteiger partial charge in [-0.1, -0.05) is 36.4 Å². The fourth-order valence-electron chi connectivity index (χ4n) is 4.05. The number of hydrogen-bond acceptors (Lipinski definition) is 7. The minimum Gasteiger partial charge on any atom is -0.453 e. The molecule has 0 bridgehead atoms. The Balaban J connectivity index is 1.34. The summed E-state index contributed by atoms with van der Waals surface area (Å²) in [7, 11) is 0. The van der Waals surface area contributed by atoms with Gasteiger partial charge in [0, 0.05) is 37.1 Å². The van der Waals surface area contributed by atoms with Gasteiger partial charge >= 0.3 is 6.09 Å². The summed E-state index contributed by atoms with van der Waals surface area (Å²) in [6.07, 6.45) is 4.29. The van der Waals surface area contributed by atoms with Crippen molar-refractivity contribution in [1.82, 2.24) is 25.3 Å². The number of ether oxygens (including phenoxy) is 2. The first-order valence-corrected chi connectivity index (χ1v) is 12.7. The summed E-state index contributed by atoms with van der Waals surface area (Å²) in [5.41, 5.74) is 3.04. The third kappa shape index (κ3) is 6.52. The first-order chi connectivity index (χ1) is 19.2. The van der Waals surface area contributed by atoms with Crippen molar-refractivity contribution < 1.29 is 18.7 Å². The number of hydrogen-bond donors (Lipinski definition) is 3. The highest BCUT2D eigenvalue weighted by atomic mass is 19.1. The maximum Gasteiger partial charge on any atom is 0.407 e. The second kappa shape index (κ2) is 11.4. The van der Waals surface area contributed by atoms with E-state index in [0.29, 0.717) is 40.4 Å². The van der Waals surface area contributed by atoms with Crippen LogP contribution in [0.5, 0.6) is 11.5 Å². The fraction of sp³-hybridized carbons (Fsp3) is 0.200. The van der Waals surface area contributed by atoms with Crippen LogP contribution in [0.15, 0.2) is 79.4 Å². The molecule has 0 fully saturated rings. The molecule has 0 saturated carbocycles. The van der Waals surface area contributed by atoms with Gasteiger partial charge in [-0.3, -0.25) is 0 Å². The standard InChI is InChI=1S/C30H29FN6O3/c1-30(2,3)40-29(38)35-16-20-9-10-24(22(31)13-20)39-25-11-12-32-28-27(25)21(17-34-28)23-14-26(37-18-36-23)33-15-19-7-5-4-6-8-19/h4-14,17-18H,15-16H2,1-3H3,(H,32,34)(H,35,38)(H,33,36,37). The smallest absolute Gasteiger partial charge is 0.407 e. The van der Waals surface area contributed by atoms with Gasteiger partial charge in [0.25, 0.3) is 0 Å². The Hall–Kier alpha value is -4.99. The molecule has 5 rings (SSSR count). The molecule has 0 aliphatic heterocycles. The van der Waals surface area contributed by atoms with Gasteiger partial charge < -0.3 is 25.1 Å². The van der Waals surface area contributed by atoms with E-state index in [9.17, 15) is 4.79 Å². The van der Waals surface area contributed by atoms with E-state index in [2.05, 4.69) is 30.6 Å². The summed E-state index contributed by atoms with van der Waals surface area (Å²) < 4.78 is 26.3. The van der Waals surface area contributed by atoms with E-state index >= 15 is 4.39 Å². The molecule has 1 amide bonds. The van der Waals surface area contributed by atoms with Crippen LogP contribution in [0.1, 0.15) is 31.9 Å². The highest BCUT2D eigenvalue weighted by Crippen LogP contribution is 2.37. The molecule has 3 N–H and O–H groups in total. The van der Waals surface area contributed by atoms with E-state index in [4.69, 9.17) is 9.47 Å². The molecular weight excluding hydrogens is 511 g/mol. The molecule has 0 atom stereocenters. The fourth-order valence-corrected chi connectivity index (χ4v) is 4.05. The molecule has 0 unspecified atom stereocenters. The van der Waals surface area contributed by atoms with Crippen molar-refractivity contribution in [3.8, 4) is 22.8 Å². The number of rotatable bonds is 8. The van der Waals surface area contributed by atoms with Crippen LogP contribution in [0.25, 0.3) is 22.3 Å². The number of halogens is 1. The normalized spacial score (nSPS) is 11.3. The molecule has 0 saturated heterocycles. The lowest BCUT2D eigenvalue weighted by Gasteiger charge is -2.19. The summed E-state index contributed by atoms with van der Waals surface area (Å²) in [6.45, 7) is 6.05. The van der Waals surface area contributed by atoms with E-state index in [1.54, 1.807) is 45.3 Å². The van der Waals surface area contributed by atoms with E-state index in [1.807, 2.05) is 36.4 Å². The third-order valence-electron chi connectivity index (χ3n) is 5.85. The zero-order valence-electron chi connectivity index (χ0n) is 22.4. The molecule has 9 nitrogen and oxygen atoms in total. The van der Waals surface area contributed by atoms with Gasteiger partial charge in [-0.2, -0.15) is 0 Å². The van der Waals surface area contributed by atoms with Gasteiger partial charge in [-0.05, 0) is 50.1 Å². The van der Waals surface area contributed by atoms with Crippen LogP contribution in [0.2, 0.25) is 0 Å². The number of carbonyl (C=O) groups is 1. The monoisotopic (exact) mass is 540 g/mol. The van der Waals surface area contributed by atoms with Crippen molar-refractivity contribution in [3.63, 3.8) is 0 Å². The molecule has 10 heteroatoms. The Morgan fingerprint density at radius 2 is 1.77 bits per heavy atom. The largest absolute Gasteiger partial charge is 0.453 e. The molecule has 204 valence electrons. The van der Waals surface area contributed by atoms with Crippen LogP contribution in [0.3, 0.4) is 0 Å². The second-order valence-corrected chi connectivity index (χ2v) is 10.1. The molecule has 0 aliphatic carbocycles. The van der Waals surface area contributed by atoms with Gasteiger partial charge in [0.1, 0.15) is 29.1 Å². The third-order valence-corrected chi connectivity index (χ3v) is 5.85. The molecule has 3 aromatic heterocycles. The van der Waals surface area contributed by atoms with E-state index in [0.717, 1.165) is 11.1 Å². The average molecular weight is 541 g/mol. The van der Waals surface area contributed by atoms with Gasteiger partial charge in [0.15, 0.2) is 11.6 Å². The number of nitrogens with one attached hydrogen (secondary N) is 3. The number of fused-ring (bicyclic) bond motifs is 1. The number of amides is 1. The molecule has 0 aliphatic rings. The quantitative estimate of drug-likeness (QED) is 0.203. The minimum atomic E-state index is -0.619. The Bertz CT molecular complexity index is 1630. The van der Waals surface area contributed by atoms with Crippen molar-refractivity contribution in [2.75, 3.05) is 5.32 Å². The molecule has 0 spiro atoms. The van der Waals surface area contributed by atoms with Crippen molar-refractivity contribution in [3.05, 3.63) is 96.3 Å². The number of H-pyrrole nitrogens is 1. The minimum absolute atomic E-state index is 0.0357. The van der Waals surface area contributed by atoms with E-state index < -0.39 is 17.5 Å². The number of aromatic amines is 1. The second-order valence-electron chi connectivity index (χ2n) is 10.1. The SMILES string of the molecule is CC(C)(C)OC(=O)NCc1ccc(Oc2ccnc3[nH]cc(-c4cc(NCc5ccccc5)ncn4)c23)c(F)c1. The van der Waals surface area contributed by atoms with Gasteiger partial charge in [0.2, 0.25) is 0 Å². The molecule has 40 heavy (non-hydrogen) atoms. The van der Waals surface area contributed by atoms with Crippen LogP contribution in [0, 0.1) is 5.82 Å². The predicted octanol–water partition coefficient (Wildman–Crippen LogP) is 6.59. The number of carbonyl (C=O) groups excluding carboxylic acids is 1. The lowest BCUT2D eigenvalue weighted by molar-refractivity contribution is 0.0523. The zero-order chi connectivity index (χ0) is 28.1. The van der Waals surface area contributed by atoms with Crippen LogP contribution < -0.4 is 15.4 Å². The Morgan fingerprint density at radius 3 is 2.55 bits per heavy atom. The summed E-state index contributed by atoms with van der Waals surface area (Å²) in [6, 6.07) is 18.1. The Morgan fingerprint density at radius 1 is 0.950 bits per heavy atom. The number of nitrogens with zero attached hydrogens (tertiary/aromatic N) is 3. The Kier molecular flexibility index (Phi) is 7.59. The highest BCUT2D eigenvalue weighted by Gasteiger charge is 2.18. The molecule has 0 radical (unpaired) electrons.